The van der Waals surface area contributed by atoms with Gasteiger partial charge in [0, 0.05) is 19.2 Å². The SMILES string of the molecule is COc1cc(OC)c2nc(N3CCCCC3)sc2c1. The molecule has 4 nitrogen and oxygen atoms in total. The molecule has 1 aliphatic rings. The first-order chi connectivity index (χ1) is 9.31. The van der Waals surface area contributed by atoms with Gasteiger partial charge in [-0.05, 0) is 25.3 Å². The molecule has 0 N–H and O–H groups in total. The minimum Gasteiger partial charge on any atom is -0.497 e. The molecule has 19 heavy (non-hydrogen) atoms. The van der Waals surface area contributed by atoms with Crippen LogP contribution in [0.4, 0.5) is 5.13 Å². The summed E-state index contributed by atoms with van der Waals surface area (Å²) in [6, 6.07) is 3.92. The first-order valence-corrected chi connectivity index (χ1v) is 7.41. The molecule has 1 saturated heterocycles. The number of methoxy groups -OCH3 is 2. The molecule has 2 heterocycles. The predicted molar refractivity (Wildman–Crippen MR) is 78.8 cm³/mol. The lowest BCUT2D eigenvalue weighted by Crippen LogP contribution is -2.29. The van der Waals surface area contributed by atoms with Crippen molar-refractivity contribution in [3.05, 3.63) is 12.1 Å². The summed E-state index contributed by atoms with van der Waals surface area (Å²) < 4.78 is 11.8. The van der Waals surface area contributed by atoms with E-state index in [1.165, 1.54) is 19.3 Å². The van der Waals surface area contributed by atoms with E-state index in [1.54, 1.807) is 25.6 Å². The summed E-state index contributed by atoms with van der Waals surface area (Å²) in [5, 5.41) is 1.10. The van der Waals surface area contributed by atoms with Gasteiger partial charge < -0.3 is 14.4 Å². The molecule has 5 heteroatoms. The number of fused-ring (bicyclic) bond motifs is 1. The maximum atomic E-state index is 5.42. The number of aromatic nitrogens is 1. The van der Waals surface area contributed by atoms with E-state index in [1.807, 2.05) is 12.1 Å². The molecule has 2 aromatic rings. The largest absolute Gasteiger partial charge is 0.497 e. The van der Waals surface area contributed by atoms with E-state index in [2.05, 4.69) is 4.90 Å². The Morgan fingerprint density at radius 2 is 1.89 bits per heavy atom. The Hall–Kier alpha value is -1.49. The lowest BCUT2D eigenvalue weighted by atomic mass is 10.1. The molecule has 0 amide bonds. The van der Waals surface area contributed by atoms with Crippen LogP contribution >= 0.6 is 11.3 Å². The van der Waals surface area contributed by atoms with Crippen LogP contribution in [0.25, 0.3) is 10.2 Å². The zero-order chi connectivity index (χ0) is 13.2. The summed E-state index contributed by atoms with van der Waals surface area (Å²) in [5.74, 6) is 1.60. The van der Waals surface area contributed by atoms with Crippen molar-refractivity contribution in [3.63, 3.8) is 0 Å². The topological polar surface area (TPSA) is 34.6 Å². The number of rotatable bonds is 3. The summed E-state index contributed by atoms with van der Waals surface area (Å²) >= 11 is 1.72. The lowest BCUT2D eigenvalue weighted by Gasteiger charge is -2.25. The number of piperidine rings is 1. The second kappa shape index (κ2) is 5.25. The maximum absolute atomic E-state index is 5.42. The Kier molecular flexibility index (Phi) is 3.46. The van der Waals surface area contributed by atoms with Crippen molar-refractivity contribution in [3.8, 4) is 11.5 Å². The highest BCUT2D eigenvalue weighted by Gasteiger charge is 2.17. The van der Waals surface area contributed by atoms with Gasteiger partial charge in [0.25, 0.3) is 0 Å². The quantitative estimate of drug-likeness (QED) is 0.863. The highest BCUT2D eigenvalue weighted by molar-refractivity contribution is 7.22. The van der Waals surface area contributed by atoms with Gasteiger partial charge in [0.2, 0.25) is 0 Å². The average Bonchev–Trinajstić information content (AvgIpc) is 2.91. The number of hydrogen-bond donors (Lipinski definition) is 0. The van der Waals surface area contributed by atoms with Crippen LogP contribution < -0.4 is 14.4 Å². The van der Waals surface area contributed by atoms with Crippen molar-refractivity contribution in [2.45, 2.75) is 19.3 Å². The van der Waals surface area contributed by atoms with Gasteiger partial charge in [-0.2, -0.15) is 0 Å². The van der Waals surface area contributed by atoms with Crippen LogP contribution in [-0.4, -0.2) is 32.3 Å². The molecule has 0 atom stereocenters. The van der Waals surface area contributed by atoms with E-state index in [4.69, 9.17) is 14.5 Å². The molecule has 1 fully saturated rings. The Morgan fingerprint density at radius 1 is 1.11 bits per heavy atom. The van der Waals surface area contributed by atoms with Gasteiger partial charge in [0.15, 0.2) is 5.13 Å². The van der Waals surface area contributed by atoms with E-state index in [-0.39, 0.29) is 0 Å². The summed E-state index contributed by atoms with van der Waals surface area (Å²) in [6.45, 7) is 2.22. The van der Waals surface area contributed by atoms with Crippen molar-refractivity contribution in [1.82, 2.24) is 4.98 Å². The molecule has 0 saturated carbocycles. The molecule has 1 aliphatic heterocycles. The standard InChI is InChI=1S/C14H18N2O2S/c1-17-10-8-11(18-2)13-12(9-10)19-14(15-13)16-6-4-3-5-7-16/h8-9H,3-7H2,1-2H3. The summed E-state index contributed by atoms with van der Waals surface area (Å²) in [7, 11) is 3.35. The molecule has 0 aliphatic carbocycles. The number of ether oxygens (including phenoxy) is 2. The van der Waals surface area contributed by atoms with E-state index in [0.29, 0.717) is 0 Å². The van der Waals surface area contributed by atoms with Gasteiger partial charge in [0.05, 0.1) is 18.9 Å². The van der Waals surface area contributed by atoms with Gasteiger partial charge in [-0.25, -0.2) is 4.98 Å². The molecule has 102 valence electrons. The maximum Gasteiger partial charge on any atom is 0.186 e. The van der Waals surface area contributed by atoms with Crippen LogP contribution in [0.5, 0.6) is 11.5 Å². The van der Waals surface area contributed by atoms with Crippen LogP contribution in [0.2, 0.25) is 0 Å². The van der Waals surface area contributed by atoms with Gasteiger partial charge in [0.1, 0.15) is 17.0 Å². The van der Waals surface area contributed by atoms with Crippen molar-refractivity contribution < 1.29 is 9.47 Å². The number of nitrogens with zero attached hydrogens (tertiary/aromatic N) is 2. The molecule has 0 spiro atoms. The van der Waals surface area contributed by atoms with Crippen molar-refractivity contribution in [1.29, 1.82) is 0 Å². The monoisotopic (exact) mass is 278 g/mol. The Labute approximate surface area is 117 Å². The first kappa shape index (κ1) is 12.5. The fourth-order valence-electron chi connectivity index (χ4n) is 2.46. The third-order valence-corrected chi connectivity index (χ3v) is 4.57. The van der Waals surface area contributed by atoms with Crippen LogP contribution in [0.3, 0.4) is 0 Å². The van der Waals surface area contributed by atoms with Crippen molar-refractivity contribution >= 4 is 26.7 Å². The molecule has 1 aromatic heterocycles. The van der Waals surface area contributed by atoms with Crippen LogP contribution in [-0.2, 0) is 0 Å². The highest BCUT2D eigenvalue weighted by Crippen LogP contribution is 2.38. The zero-order valence-corrected chi connectivity index (χ0v) is 12.1. The fourth-order valence-corrected chi connectivity index (χ4v) is 3.52. The Balaban J connectivity index is 2.03. The third kappa shape index (κ3) is 2.34. The minimum atomic E-state index is 0.786. The Bertz CT molecular complexity index is 576. The molecule has 0 unspecified atom stereocenters. The van der Waals surface area contributed by atoms with E-state index in [9.17, 15) is 0 Å². The van der Waals surface area contributed by atoms with E-state index >= 15 is 0 Å². The summed E-state index contributed by atoms with van der Waals surface area (Å²) in [6.07, 6.45) is 3.85. The average molecular weight is 278 g/mol. The van der Waals surface area contributed by atoms with Crippen LogP contribution in [0, 0.1) is 0 Å². The molecule has 1 aromatic carbocycles. The van der Waals surface area contributed by atoms with E-state index < -0.39 is 0 Å². The molecule has 0 radical (unpaired) electrons. The highest BCUT2D eigenvalue weighted by atomic mass is 32.1. The van der Waals surface area contributed by atoms with Gasteiger partial charge in [-0.15, -0.1) is 0 Å². The van der Waals surface area contributed by atoms with Crippen LogP contribution in [0.15, 0.2) is 12.1 Å². The van der Waals surface area contributed by atoms with Crippen molar-refractivity contribution in [2.24, 2.45) is 0 Å². The predicted octanol–water partition coefficient (Wildman–Crippen LogP) is 3.30. The lowest BCUT2D eigenvalue weighted by molar-refractivity contribution is 0.397. The van der Waals surface area contributed by atoms with Crippen LogP contribution in [0.1, 0.15) is 19.3 Å². The second-order valence-corrected chi connectivity index (χ2v) is 5.73. The normalized spacial score (nSPS) is 15.8. The van der Waals surface area contributed by atoms with Gasteiger partial charge >= 0.3 is 0 Å². The number of thiazole rings is 1. The smallest absolute Gasteiger partial charge is 0.186 e. The zero-order valence-electron chi connectivity index (χ0n) is 11.3. The van der Waals surface area contributed by atoms with Gasteiger partial charge in [-0.3, -0.25) is 0 Å². The minimum absolute atomic E-state index is 0.786. The summed E-state index contributed by atoms with van der Waals surface area (Å²) in [4.78, 5) is 7.12. The second-order valence-electron chi connectivity index (χ2n) is 4.72. The molecular formula is C14H18N2O2S. The molecule has 0 bridgehead atoms. The van der Waals surface area contributed by atoms with Crippen molar-refractivity contribution in [2.75, 3.05) is 32.2 Å². The summed E-state index contributed by atoms with van der Waals surface area (Å²) in [5.41, 5.74) is 0.939. The van der Waals surface area contributed by atoms with E-state index in [0.717, 1.165) is 39.9 Å². The molecule has 3 rings (SSSR count). The first-order valence-electron chi connectivity index (χ1n) is 6.59. The number of hydrogen-bond acceptors (Lipinski definition) is 5. The van der Waals surface area contributed by atoms with Gasteiger partial charge in [-0.1, -0.05) is 11.3 Å². The number of anilines is 1. The Morgan fingerprint density at radius 3 is 2.58 bits per heavy atom. The number of benzene rings is 1. The third-order valence-electron chi connectivity index (χ3n) is 3.50. The fraction of sp³-hybridized carbons (Fsp3) is 0.500. The molecular weight excluding hydrogens is 260 g/mol.